The normalized spacial score (nSPS) is 18.5. The predicted molar refractivity (Wildman–Crippen MR) is 44.4 cm³/mol. The molecule has 0 aliphatic carbocycles. The van der Waals surface area contributed by atoms with E-state index in [0.29, 0.717) is 0 Å². The average molecular weight is 140 g/mol. The van der Waals surface area contributed by atoms with Gasteiger partial charge in [0.15, 0.2) is 0 Å². The van der Waals surface area contributed by atoms with Crippen molar-refractivity contribution in [3.63, 3.8) is 0 Å². The van der Waals surface area contributed by atoms with Gasteiger partial charge in [0.05, 0.1) is 6.54 Å². The average Bonchev–Trinajstić information content (AvgIpc) is 2.38. The molecule has 0 unspecified atom stereocenters. The largest absolute Gasteiger partial charge is 0.372 e. The molecule has 0 saturated heterocycles. The summed E-state index contributed by atoms with van der Waals surface area (Å²) < 4.78 is 0. The molecule has 0 aromatic rings. The van der Waals surface area contributed by atoms with E-state index in [1.807, 2.05) is 0 Å². The number of aliphatic imine (C=N–C) groups is 1. The quantitative estimate of drug-likeness (QED) is 0.616. The molecule has 10 heavy (non-hydrogen) atoms. The third-order valence-corrected chi connectivity index (χ3v) is 2.20. The van der Waals surface area contributed by atoms with Crippen LogP contribution >= 0.6 is 0 Å². The molecule has 1 rings (SSSR count). The smallest absolute Gasteiger partial charge is 0.102 e. The second kappa shape index (κ2) is 2.60. The highest BCUT2D eigenvalue weighted by Gasteiger charge is 2.24. The van der Waals surface area contributed by atoms with E-state index in [1.54, 1.807) is 0 Å². The number of nitrogens with one attached hydrogen (secondary N) is 1. The number of hydrogen-bond acceptors (Lipinski definition) is 2. The predicted octanol–water partition coefficient (Wildman–Crippen LogP) is 1.42. The summed E-state index contributed by atoms with van der Waals surface area (Å²) in [4.78, 5) is 4.38. The van der Waals surface area contributed by atoms with Crippen molar-refractivity contribution in [2.24, 2.45) is 10.4 Å². The summed E-state index contributed by atoms with van der Waals surface area (Å²) in [5, 5.41) is 3.30. The third-order valence-electron chi connectivity index (χ3n) is 2.20. The first kappa shape index (κ1) is 7.58. The minimum absolute atomic E-state index is 0.260. The van der Waals surface area contributed by atoms with Crippen molar-refractivity contribution < 1.29 is 0 Å². The molecule has 0 amide bonds. The monoisotopic (exact) mass is 140 g/mol. The Morgan fingerprint density at radius 1 is 1.60 bits per heavy atom. The minimum atomic E-state index is 0.260. The molecule has 0 aromatic carbocycles. The highest BCUT2D eigenvalue weighted by atomic mass is 15.1. The Kier molecular flexibility index (Phi) is 1.97. The van der Waals surface area contributed by atoms with Gasteiger partial charge in [-0.25, -0.2) is 0 Å². The Balaban J connectivity index is 2.62. The zero-order chi connectivity index (χ0) is 7.61. The molecular formula is C8H16N2. The Labute approximate surface area is 62.7 Å². The fraction of sp³-hybridized carbons (Fsp3) is 0.875. The van der Waals surface area contributed by atoms with E-state index < -0.39 is 0 Å². The van der Waals surface area contributed by atoms with Crippen LogP contribution in [0.2, 0.25) is 0 Å². The van der Waals surface area contributed by atoms with Gasteiger partial charge in [-0.15, -0.1) is 0 Å². The van der Waals surface area contributed by atoms with Gasteiger partial charge in [0.25, 0.3) is 0 Å². The van der Waals surface area contributed by atoms with Crippen LogP contribution in [0.15, 0.2) is 4.99 Å². The van der Waals surface area contributed by atoms with Crippen LogP contribution in [0.3, 0.4) is 0 Å². The summed E-state index contributed by atoms with van der Waals surface area (Å²) in [5.41, 5.74) is 0.260. The van der Waals surface area contributed by atoms with Gasteiger partial charge in [-0.1, -0.05) is 20.8 Å². The van der Waals surface area contributed by atoms with Gasteiger partial charge >= 0.3 is 0 Å². The minimum Gasteiger partial charge on any atom is -0.372 e. The molecule has 2 nitrogen and oxygen atoms in total. The van der Waals surface area contributed by atoms with E-state index >= 15 is 0 Å². The first-order valence-electron chi connectivity index (χ1n) is 3.95. The lowest BCUT2D eigenvalue weighted by molar-refractivity contribution is 0.491. The molecule has 0 atom stereocenters. The van der Waals surface area contributed by atoms with Gasteiger partial charge in [0, 0.05) is 12.0 Å². The van der Waals surface area contributed by atoms with Gasteiger partial charge in [0.2, 0.25) is 0 Å². The zero-order valence-electron chi connectivity index (χ0n) is 7.07. The van der Waals surface area contributed by atoms with Crippen LogP contribution in [-0.4, -0.2) is 18.9 Å². The van der Waals surface area contributed by atoms with Crippen molar-refractivity contribution in [1.82, 2.24) is 5.32 Å². The Bertz CT molecular complexity index is 147. The molecule has 0 aromatic heterocycles. The molecule has 0 saturated carbocycles. The molecule has 0 bridgehead atoms. The van der Waals surface area contributed by atoms with Crippen molar-refractivity contribution in [3.05, 3.63) is 0 Å². The molecule has 1 aliphatic heterocycles. The summed E-state index contributed by atoms with van der Waals surface area (Å²) in [7, 11) is 0. The fourth-order valence-electron chi connectivity index (χ4n) is 1.02. The summed E-state index contributed by atoms with van der Waals surface area (Å²) in [5.74, 6) is 1.19. The van der Waals surface area contributed by atoms with E-state index in [4.69, 9.17) is 0 Å². The first-order valence-corrected chi connectivity index (χ1v) is 3.95. The molecule has 0 spiro atoms. The maximum atomic E-state index is 4.38. The highest BCUT2D eigenvalue weighted by Crippen LogP contribution is 2.21. The van der Waals surface area contributed by atoms with E-state index in [0.717, 1.165) is 19.5 Å². The van der Waals surface area contributed by atoms with Crippen LogP contribution in [-0.2, 0) is 0 Å². The maximum absolute atomic E-state index is 4.38. The second-order valence-corrected chi connectivity index (χ2v) is 3.39. The lowest BCUT2D eigenvalue weighted by Crippen LogP contribution is -2.33. The maximum Gasteiger partial charge on any atom is 0.102 e. The lowest BCUT2D eigenvalue weighted by Gasteiger charge is -2.22. The van der Waals surface area contributed by atoms with Crippen LogP contribution in [0.25, 0.3) is 0 Å². The van der Waals surface area contributed by atoms with Gasteiger partial charge in [-0.3, -0.25) is 4.99 Å². The topological polar surface area (TPSA) is 24.4 Å². The highest BCUT2D eigenvalue weighted by molar-refractivity contribution is 5.88. The molecule has 1 heterocycles. The van der Waals surface area contributed by atoms with Crippen molar-refractivity contribution >= 4 is 5.84 Å². The van der Waals surface area contributed by atoms with E-state index in [-0.39, 0.29) is 5.41 Å². The van der Waals surface area contributed by atoms with Crippen LogP contribution in [0.4, 0.5) is 0 Å². The number of rotatable bonds is 2. The molecule has 0 radical (unpaired) electrons. The van der Waals surface area contributed by atoms with E-state index in [2.05, 4.69) is 31.1 Å². The van der Waals surface area contributed by atoms with E-state index in [1.165, 1.54) is 5.84 Å². The Morgan fingerprint density at radius 3 is 2.70 bits per heavy atom. The second-order valence-electron chi connectivity index (χ2n) is 3.39. The molecule has 0 fully saturated rings. The van der Waals surface area contributed by atoms with Crippen LogP contribution in [0.5, 0.6) is 0 Å². The number of amidine groups is 1. The van der Waals surface area contributed by atoms with Crippen LogP contribution in [0.1, 0.15) is 27.2 Å². The van der Waals surface area contributed by atoms with Crippen molar-refractivity contribution in [2.75, 3.05) is 13.1 Å². The summed E-state index contributed by atoms with van der Waals surface area (Å²) >= 11 is 0. The van der Waals surface area contributed by atoms with Gasteiger partial charge in [-0.05, 0) is 6.42 Å². The summed E-state index contributed by atoms with van der Waals surface area (Å²) in [6, 6.07) is 0. The molecule has 2 heteroatoms. The first-order chi connectivity index (χ1) is 4.67. The summed E-state index contributed by atoms with van der Waals surface area (Å²) in [6.07, 6.45) is 1.15. The summed E-state index contributed by atoms with van der Waals surface area (Å²) in [6.45, 7) is 8.63. The number of hydrogen-bond donors (Lipinski definition) is 1. The van der Waals surface area contributed by atoms with Crippen LogP contribution < -0.4 is 5.32 Å². The number of nitrogens with zero attached hydrogens (tertiary/aromatic N) is 1. The molecule has 58 valence electrons. The third kappa shape index (κ3) is 1.31. The van der Waals surface area contributed by atoms with Crippen LogP contribution in [0, 0.1) is 5.41 Å². The molecule has 1 aliphatic rings. The fourth-order valence-corrected chi connectivity index (χ4v) is 1.02. The zero-order valence-corrected chi connectivity index (χ0v) is 7.07. The van der Waals surface area contributed by atoms with Gasteiger partial charge in [-0.2, -0.15) is 0 Å². The Hall–Kier alpha value is -0.530. The van der Waals surface area contributed by atoms with Crippen molar-refractivity contribution in [1.29, 1.82) is 0 Å². The Morgan fingerprint density at radius 2 is 2.30 bits per heavy atom. The van der Waals surface area contributed by atoms with Gasteiger partial charge < -0.3 is 5.32 Å². The standard InChI is InChI=1S/C8H16N2/c1-4-8(2,3)7-9-5-6-10-7/h4-6H2,1-3H3,(H,9,10). The molecule has 1 N–H and O–H groups in total. The molecular weight excluding hydrogens is 124 g/mol. The van der Waals surface area contributed by atoms with Gasteiger partial charge in [0.1, 0.15) is 5.84 Å². The lowest BCUT2D eigenvalue weighted by atomic mass is 9.89. The van der Waals surface area contributed by atoms with E-state index in [9.17, 15) is 0 Å². The van der Waals surface area contributed by atoms with Crippen molar-refractivity contribution in [3.8, 4) is 0 Å². The van der Waals surface area contributed by atoms with Crippen molar-refractivity contribution in [2.45, 2.75) is 27.2 Å². The SMILES string of the molecule is CCC(C)(C)C1=NCCN1.